The van der Waals surface area contributed by atoms with Gasteiger partial charge in [0.15, 0.2) is 5.13 Å². The fraction of sp³-hybridized carbons (Fsp3) is 0.714. The Morgan fingerprint density at radius 1 is 1.60 bits per heavy atom. The Kier molecular flexibility index (Phi) is 4.99. The van der Waals surface area contributed by atoms with Gasteiger partial charge in [0, 0.05) is 19.6 Å². The largest absolute Gasteiger partial charge is 0.465 e. The molecule has 0 spiro atoms. The van der Waals surface area contributed by atoms with E-state index in [2.05, 4.69) is 21.7 Å². The van der Waals surface area contributed by atoms with Crippen LogP contribution >= 0.6 is 11.3 Å². The number of likely N-dealkylation sites (tertiary alicyclic amines) is 1. The Morgan fingerprint density at radius 3 is 3.00 bits per heavy atom. The van der Waals surface area contributed by atoms with Crippen molar-refractivity contribution in [1.29, 1.82) is 0 Å². The van der Waals surface area contributed by atoms with Crippen molar-refractivity contribution < 1.29 is 9.53 Å². The maximum absolute atomic E-state index is 11.6. The van der Waals surface area contributed by atoms with E-state index in [4.69, 9.17) is 4.74 Å². The molecule has 0 aromatic carbocycles. The molecular weight excluding hydrogens is 274 g/mol. The lowest BCUT2D eigenvalue weighted by Crippen LogP contribution is -2.38. The number of anilines is 1. The lowest BCUT2D eigenvalue weighted by molar-refractivity contribution is 0.0605. The predicted molar refractivity (Wildman–Crippen MR) is 81.7 cm³/mol. The second-order valence-corrected chi connectivity index (χ2v) is 6.19. The summed E-state index contributed by atoms with van der Waals surface area (Å²) >= 11 is 1.41. The van der Waals surface area contributed by atoms with Crippen LogP contribution in [0.3, 0.4) is 0 Å². The number of hydrogen-bond acceptors (Lipinski definition) is 6. The van der Waals surface area contributed by atoms with Crippen LogP contribution in [-0.2, 0) is 4.74 Å². The molecular formula is C14H23N3O2S. The van der Waals surface area contributed by atoms with Crippen LogP contribution in [0.5, 0.6) is 0 Å². The molecule has 1 aliphatic heterocycles. The SMILES string of the molecule is CCN1CCCC1CN(C)c1nc(C)c(C(=O)OC)s1. The number of nitrogens with zero attached hydrogens (tertiary/aromatic N) is 3. The lowest BCUT2D eigenvalue weighted by Gasteiger charge is -2.27. The number of aromatic nitrogens is 1. The summed E-state index contributed by atoms with van der Waals surface area (Å²) in [6.07, 6.45) is 2.52. The van der Waals surface area contributed by atoms with Gasteiger partial charge in [-0.1, -0.05) is 18.3 Å². The maximum Gasteiger partial charge on any atom is 0.350 e. The topological polar surface area (TPSA) is 45.7 Å². The number of likely N-dealkylation sites (N-methyl/N-ethyl adjacent to an activating group) is 2. The normalized spacial score (nSPS) is 19.3. The Morgan fingerprint density at radius 2 is 2.35 bits per heavy atom. The highest BCUT2D eigenvalue weighted by Crippen LogP contribution is 2.27. The number of thiazole rings is 1. The van der Waals surface area contributed by atoms with Gasteiger partial charge in [0.05, 0.1) is 12.8 Å². The van der Waals surface area contributed by atoms with E-state index < -0.39 is 0 Å². The fourth-order valence-electron chi connectivity index (χ4n) is 2.74. The third-order valence-electron chi connectivity index (χ3n) is 3.87. The molecule has 0 amide bonds. The zero-order valence-electron chi connectivity index (χ0n) is 12.7. The highest BCUT2D eigenvalue weighted by molar-refractivity contribution is 7.17. The minimum Gasteiger partial charge on any atom is -0.465 e. The number of methoxy groups -OCH3 is 1. The summed E-state index contributed by atoms with van der Waals surface area (Å²) in [6, 6.07) is 0.593. The van der Waals surface area contributed by atoms with Gasteiger partial charge in [0.2, 0.25) is 0 Å². The van der Waals surface area contributed by atoms with Gasteiger partial charge < -0.3 is 9.64 Å². The number of carbonyl (C=O) groups is 1. The van der Waals surface area contributed by atoms with Gasteiger partial charge in [-0.3, -0.25) is 4.90 Å². The minimum absolute atomic E-state index is 0.296. The molecule has 1 saturated heterocycles. The van der Waals surface area contributed by atoms with Crippen LogP contribution in [0.4, 0.5) is 5.13 Å². The molecule has 0 saturated carbocycles. The molecule has 6 heteroatoms. The smallest absolute Gasteiger partial charge is 0.350 e. The van der Waals surface area contributed by atoms with Crippen molar-refractivity contribution in [2.45, 2.75) is 32.7 Å². The van der Waals surface area contributed by atoms with Gasteiger partial charge in [-0.15, -0.1) is 0 Å². The summed E-state index contributed by atoms with van der Waals surface area (Å²) in [4.78, 5) is 21.4. The molecule has 112 valence electrons. The Bertz CT molecular complexity index is 475. The van der Waals surface area contributed by atoms with Crippen LogP contribution in [0.2, 0.25) is 0 Å². The van der Waals surface area contributed by atoms with Crippen molar-refractivity contribution in [2.24, 2.45) is 0 Å². The van der Waals surface area contributed by atoms with E-state index in [9.17, 15) is 4.79 Å². The van der Waals surface area contributed by atoms with Crippen LogP contribution in [0.25, 0.3) is 0 Å². The first-order valence-electron chi connectivity index (χ1n) is 7.07. The molecule has 1 aromatic rings. The van der Waals surface area contributed by atoms with Crippen molar-refractivity contribution in [1.82, 2.24) is 9.88 Å². The molecule has 2 heterocycles. The first-order valence-corrected chi connectivity index (χ1v) is 7.89. The van der Waals surface area contributed by atoms with E-state index >= 15 is 0 Å². The molecule has 0 radical (unpaired) electrons. The third-order valence-corrected chi connectivity index (χ3v) is 5.12. The van der Waals surface area contributed by atoms with E-state index in [-0.39, 0.29) is 5.97 Å². The van der Waals surface area contributed by atoms with Gasteiger partial charge in [-0.25, -0.2) is 9.78 Å². The van der Waals surface area contributed by atoms with E-state index in [0.717, 1.165) is 23.9 Å². The Labute approximate surface area is 124 Å². The molecule has 2 rings (SSSR count). The molecule has 20 heavy (non-hydrogen) atoms. The second-order valence-electron chi connectivity index (χ2n) is 5.21. The quantitative estimate of drug-likeness (QED) is 0.779. The molecule has 1 atom stereocenters. The van der Waals surface area contributed by atoms with Gasteiger partial charge in [-0.05, 0) is 32.9 Å². The van der Waals surface area contributed by atoms with Crippen LogP contribution in [0.1, 0.15) is 35.1 Å². The number of aryl methyl sites for hydroxylation is 1. The van der Waals surface area contributed by atoms with Gasteiger partial charge in [0.25, 0.3) is 0 Å². The molecule has 1 unspecified atom stereocenters. The second kappa shape index (κ2) is 6.54. The third kappa shape index (κ3) is 3.12. The van der Waals surface area contributed by atoms with Crippen LogP contribution in [-0.4, -0.2) is 55.7 Å². The summed E-state index contributed by atoms with van der Waals surface area (Å²) in [6.45, 7) is 7.32. The number of ether oxygens (including phenoxy) is 1. The van der Waals surface area contributed by atoms with E-state index in [1.54, 1.807) is 0 Å². The monoisotopic (exact) mass is 297 g/mol. The molecule has 0 bridgehead atoms. The van der Waals surface area contributed by atoms with Crippen molar-refractivity contribution in [3.8, 4) is 0 Å². The predicted octanol–water partition coefficient (Wildman–Crippen LogP) is 2.16. The Hall–Kier alpha value is -1.14. The molecule has 5 nitrogen and oxygen atoms in total. The van der Waals surface area contributed by atoms with Crippen LogP contribution < -0.4 is 4.90 Å². The van der Waals surface area contributed by atoms with Crippen molar-refractivity contribution in [3.05, 3.63) is 10.6 Å². The van der Waals surface area contributed by atoms with Crippen molar-refractivity contribution in [3.63, 3.8) is 0 Å². The van der Waals surface area contributed by atoms with Crippen molar-refractivity contribution in [2.75, 3.05) is 38.7 Å². The van der Waals surface area contributed by atoms with Gasteiger partial charge in [-0.2, -0.15) is 0 Å². The van der Waals surface area contributed by atoms with Crippen molar-refractivity contribution >= 4 is 22.4 Å². The summed E-state index contributed by atoms with van der Waals surface area (Å²) in [7, 11) is 3.45. The highest BCUT2D eigenvalue weighted by atomic mass is 32.1. The highest BCUT2D eigenvalue weighted by Gasteiger charge is 2.25. The average Bonchev–Trinajstić information content (AvgIpc) is 3.04. The molecule has 1 aliphatic rings. The number of hydrogen-bond donors (Lipinski definition) is 0. The maximum atomic E-state index is 11.6. The standard InChI is InChI=1S/C14H23N3O2S/c1-5-17-8-6-7-11(17)9-16(3)14-15-10(2)12(20-14)13(18)19-4/h11H,5-9H2,1-4H3. The summed E-state index contributed by atoms with van der Waals surface area (Å²) in [5, 5.41) is 0.894. The molecule has 1 aromatic heterocycles. The van der Waals surface area contributed by atoms with Crippen LogP contribution in [0, 0.1) is 6.92 Å². The molecule has 1 fully saturated rings. The minimum atomic E-state index is -0.296. The number of rotatable bonds is 5. The van der Waals surface area contributed by atoms with E-state index in [1.165, 1.54) is 37.8 Å². The van der Waals surface area contributed by atoms with Gasteiger partial charge >= 0.3 is 5.97 Å². The number of esters is 1. The number of carbonyl (C=O) groups excluding carboxylic acids is 1. The summed E-state index contributed by atoms with van der Waals surface area (Å²) in [5.74, 6) is -0.296. The molecule has 0 N–H and O–H groups in total. The molecule has 0 aliphatic carbocycles. The summed E-state index contributed by atoms with van der Waals surface area (Å²) < 4.78 is 4.78. The zero-order chi connectivity index (χ0) is 14.7. The lowest BCUT2D eigenvalue weighted by atomic mass is 10.2. The average molecular weight is 297 g/mol. The van der Waals surface area contributed by atoms with E-state index in [0.29, 0.717) is 10.9 Å². The van der Waals surface area contributed by atoms with E-state index in [1.807, 2.05) is 14.0 Å². The first-order chi connectivity index (χ1) is 9.56. The first kappa shape index (κ1) is 15.3. The zero-order valence-corrected chi connectivity index (χ0v) is 13.5. The van der Waals surface area contributed by atoms with Crippen LogP contribution in [0.15, 0.2) is 0 Å². The van der Waals surface area contributed by atoms with Gasteiger partial charge in [0.1, 0.15) is 4.88 Å². The fourth-order valence-corrected chi connectivity index (χ4v) is 3.70. The summed E-state index contributed by atoms with van der Waals surface area (Å²) in [5.41, 5.74) is 0.752. The Balaban J connectivity index is 2.06.